The summed E-state index contributed by atoms with van der Waals surface area (Å²) in [5.74, 6) is -23.2. The summed E-state index contributed by atoms with van der Waals surface area (Å²) in [7, 11) is 1.30. The normalized spacial score (nSPS) is 29.9. The lowest BCUT2D eigenvalue weighted by Gasteiger charge is -2.40. The molecule has 0 aromatic rings. The van der Waals surface area contributed by atoms with Crippen molar-refractivity contribution in [3.8, 4) is 0 Å². The lowest BCUT2D eigenvalue weighted by Crippen LogP contribution is -2.66. The van der Waals surface area contributed by atoms with Crippen molar-refractivity contribution in [2.75, 3.05) is 13.6 Å². The van der Waals surface area contributed by atoms with E-state index in [0.717, 1.165) is 5.01 Å². The topological polar surface area (TPSA) is 15.6 Å². The first kappa shape index (κ1) is 15.0. The Labute approximate surface area is 107 Å². The molecule has 2 nitrogen and oxygen atoms in total. The molecule has 0 spiro atoms. The van der Waals surface area contributed by atoms with Crippen LogP contribution in [0.15, 0.2) is 16.8 Å². The molecule has 0 atom stereocenters. The number of hydrazone groups is 1. The predicted molar refractivity (Wildman–Crippen MR) is 52.6 cm³/mol. The lowest BCUT2D eigenvalue weighted by atomic mass is 9.83. The van der Waals surface area contributed by atoms with Crippen LogP contribution in [-0.4, -0.2) is 48.0 Å². The summed E-state index contributed by atoms with van der Waals surface area (Å²) in [4.78, 5) is 0. The van der Waals surface area contributed by atoms with E-state index >= 15 is 0 Å². The first-order chi connectivity index (χ1) is 8.84. The van der Waals surface area contributed by atoms with Crippen molar-refractivity contribution in [2.24, 2.45) is 5.10 Å². The highest BCUT2D eigenvalue weighted by Gasteiger charge is 2.84. The van der Waals surface area contributed by atoms with Crippen molar-refractivity contribution in [2.45, 2.75) is 30.1 Å². The summed E-state index contributed by atoms with van der Waals surface area (Å²) < 4.78 is 105. The van der Waals surface area contributed by atoms with Gasteiger partial charge in [0, 0.05) is 26.1 Å². The van der Waals surface area contributed by atoms with Crippen molar-refractivity contribution in [3.63, 3.8) is 0 Å². The molecule has 114 valence electrons. The smallest absolute Gasteiger partial charge is 0.299 e. The highest BCUT2D eigenvalue weighted by molar-refractivity contribution is 6.03. The Morgan fingerprint density at radius 1 is 1.00 bits per heavy atom. The van der Waals surface area contributed by atoms with Crippen LogP contribution in [0.3, 0.4) is 0 Å². The predicted octanol–water partition coefficient (Wildman–Crippen LogP) is 3.16. The molecule has 0 aromatic carbocycles. The van der Waals surface area contributed by atoms with Gasteiger partial charge in [0.2, 0.25) is 0 Å². The summed E-state index contributed by atoms with van der Waals surface area (Å²) in [6.45, 7) is 0.0380. The third-order valence-corrected chi connectivity index (χ3v) is 3.15. The van der Waals surface area contributed by atoms with Crippen LogP contribution in [0.4, 0.5) is 35.1 Å². The van der Waals surface area contributed by atoms with Gasteiger partial charge in [-0.15, -0.1) is 0 Å². The van der Waals surface area contributed by atoms with Crippen LogP contribution in [0.1, 0.15) is 6.42 Å². The number of nitrogens with zero attached hydrogens (tertiary/aromatic N) is 2. The maximum absolute atomic E-state index is 13.5. The minimum absolute atomic E-state index is 0.0380. The number of rotatable bonds is 1. The number of alkyl halides is 8. The van der Waals surface area contributed by atoms with Crippen molar-refractivity contribution in [3.05, 3.63) is 11.6 Å². The Morgan fingerprint density at radius 3 is 2.00 bits per heavy atom. The molecule has 1 heterocycles. The van der Waals surface area contributed by atoms with Crippen molar-refractivity contribution >= 4 is 5.71 Å². The molecule has 0 unspecified atom stereocenters. The molecule has 2 aliphatic rings. The molecule has 0 aromatic heterocycles. The highest BCUT2D eigenvalue weighted by Crippen LogP contribution is 2.59. The molecule has 0 saturated heterocycles. The molecule has 0 N–H and O–H groups in total. The quantitative estimate of drug-likeness (QED) is 0.680. The number of halogens is 8. The van der Waals surface area contributed by atoms with Gasteiger partial charge in [-0.1, -0.05) is 0 Å². The first-order valence-electron chi connectivity index (χ1n) is 5.38. The molecule has 0 radical (unpaired) electrons. The fourth-order valence-corrected chi connectivity index (χ4v) is 1.97. The first-order valence-corrected chi connectivity index (χ1v) is 5.38. The fourth-order valence-electron chi connectivity index (χ4n) is 1.97. The third kappa shape index (κ3) is 1.65. The number of hydrogen-bond acceptors (Lipinski definition) is 2. The molecular weight excluding hydrogens is 300 g/mol. The second kappa shape index (κ2) is 3.85. The number of allylic oxidation sites excluding steroid dienone is 2. The molecule has 0 amide bonds. The van der Waals surface area contributed by atoms with Gasteiger partial charge in [0.25, 0.3) is 0 Å². The van der Waals surface area contributed by atoms with Gasteiger partial charge in [0.15, 0.2) is 0 Å². The van der Waals surface area contributed by atoms with Crippen molar-refractivity contribution in [1.29, 1.82) is 0 Å². The summed E-state index contributed by atoms with van der Waals surface area (Å²) in [5.41, 5.74) is -2.59. The van der Waals surface area contributed by atoms with Gasteiger partial charge in [-0.3, -0.25) is 5.01 Å². The maximum atomic E-state index is 13.5. The Hall–Kier alpha value is -1.35. The second-order valence-corrected chi connectivity index (χ2v) is 4.58. The molecule has 1 aliphatic heterocycles. The van der Waals surface area contributed by atoms with E-state index in [0.29, 0.717) is 0 Å². The van der Waals surface area contributed by atoms with Crippen molar-refractivity contribution in [1.82, 2.24) is 5.01 Å². The van der Waals surface area contributed by atoms with E-state index < -0.39 is 41.1 Å². The minimum atomic E-state index is -6.21. The van der Waals surface area contributed by atoms with Gasteiger partial charge in [0.05, 0.1) is 11.3 Å². The largest absolute Gasteiger partial charge is 0.382 e. The van der Waals surface area contributed by atoms with Gasteiger partial charge < -0.3 is 0 Å². The lowest BCUT2D eigenvalue weighted by molar-refractivity contribution is -0.354. The Morgan fingerprint density at radius 2 is 1.55 bits per heavy atom. The van der Waals surface area contributed by atoms with E-state index in [9.17, 15) is 35.1 Å². The molecule has 0 fully saturated rings. The molecule has 1 aliphatic carbocycles. The van der Waals surface area contributed by atoms with E-state index in [1.807, 2.05) is 0 Å². The highest BCUT2D eigenvalue weighted by atomic mass is 19.4. The summed E-state index contributed by atoms with van der Waals surface area (Å²) in [6.07, 6.45) is -1.11. The van der Waals surface area contributed by atoms with Crippen LogP contribution in [0.2, 0.25) is 0 Å². The Bertz CT molecular complexity index is 493. The van der Waals surface area contributed by atoms with Gasteiger partial charge in [0.1, 0.15) is 0 Å². The summed E-state index contributed by atoms with van der Waals surface area (Å²) in [5, 5.41) is 4.44. The van der Waals surface area contributed by atoms with E-state index in [4.69, 9.17) is 0 Å². The van der Waals surface area contributed by atoms with Gasteiger partial charge in [-0.2, -0.15) is 40.2 Å². The molecule has 0 saturated carbocycles. The molecule has 2 rings (SSSR count). The zero-order valence-corrected chi connectivity index (χ0v) is 9.91. The van der Waals surface area contributed by atoms with Crippen LogP contribution in [0.5, 0.6) is 0 Å². The maximum Gasteiger partial charge on any atom is 0.382 e. The zero-order valence-electron chi connectivity index (χ0n) is 9.91. The summed E-state index contributed by atoms with van der Waals surface area (Å²) >= 11 is 0. The minimum Gasteiger partial charge on any atom is -0.299 e. The van der Waals surface area contributed by atoms with E-state index in [2.05, 4.69) is 5.10 Å². The van der Waals surface area contributed by atoms with E-state index in [-0.39, 0.29) is 13.0 Å². The van der Waals surface area contributed by atoms with Gasteiger partial charge >= 0.3 is 23.7 Å². The third-order valence-electron chi connectivity index (χ3n) is 3.15. The SMILES string of the molecule is CN1CCC(C2=CC(F)(F)C(F)(F)C(F)(F)C2(F)F)=N1. The standard InChI is InChI=1S/C10H8F8N2/c1-20-3-2-6(19-20)5-4-7(11,12)9(15,16)10(17,18)8(5,13)14/h4H,2-3H2,1H3. The van der Waals surface area contributed by atoms with E-state index in [1.165, 1.54) is 7.05 Å². The zero-order chi connectivity index (χ0) is 15.6. The van der Waals surface area contributed by atoms with Crippen LogP contribution >= 0.6 is 0 Å². The molecule has 20 heavy (non-hydrogen) atoms. The van der Waals surface area contributed by atoms with Crippen LogP contribution < -0.4 is 0 Å². The second-order valence-electron chi connectivity index (χ2n) is 4.58. The van der Waals surface area contributed by atoms with Crippen molar-refractivity contribution < 1.29 is 35.1 Å². The average molecular weight is 308 g/mol. The monoisotopic (exact) mass is 308 g/mol. The average Bonchev–Trinajstić information content (AvgIpc) is 2.70. The molecular formula is C10H8F8N2. The molecule has 0 bridgehead atoms. The van der Waals surface area contributed by atoms with Crippen LogP contribution in [0, 0.1) is 0 Å². The number of hydrogen-bond donors (Lipinski definition) is 0. The molecule has 10 heteroatoms. The fraction of sp³-hybridized carbons (Fsp3) is 0.700. The van der Waals surface area contributed by atoms with Gasteiger partial charge in [-0.25, -0.2) is 0 Å². The van der Waals surface area contributed by atoms with Crippen LogP contribution in [-0.2, 0) is 0 Å². The van der Waals surface area contributed by atoms with Gasteiger partial charge in [-0.05, 0) is 0 Å². The summed E-state index contributed by atoms with van der Waals surface area (Å²) in [6, 6.07) is 0. The van der Waals surface area contributed by atoms with Crippen LogP contribution in [0.25, 0.3) is 0 Å². The van der Waals surface area contributed by atoms with E-state index in [1.54, 1.807) is 0 Å². The Kier molecular flexibility index (Phi) is 2.90. The Balaban J connectivity index is 2.63.